The van der Waals surface area contributed by atoms with Crippen LogP contribution in [-0.4, -0.2) is 106 Å². The van der Waals surface area contributed by atoms with Gasteiger partial charge < -0.3 is 48.8 Å². The summed E-state index contributed by atoms with van der Waals surface area (Å²) in [4.78, 5) is 11.9. The highest BCUT2D eigenvalue weighted by atomic mass is 16.7. The zero-order chi connectivity index (χ0) is 35.4. The topological polar surface area (TPSA) is 153 Å². The van der Waals surface area contributed by atoms with Crippen LogP contribution in [0.3, 0.4) is 0 Å². The Morgan fingerprint density at radius 2 is 1.65 bits per heavy atom. The summed E-state index contributed by atoms with van der Waals surface area (Å²) >= 11 is 0. The van der Waals surface area contributed by atoms with Crippen LogP contribution in [0.4, 0.5) is 0 Å². The van der Waals surface area contributed by atoms with Gasteiger partial charge in [-0.05, 0) is 63.7 Å². The van der Waals surface area contributed by atoms with Crippen LogP contribution in [0.15, 0.2) is 0 Å². The molecule has 17 atom stereocenters. The Kier molecular flexibility index (Phi) is 11.4. The van der Waals surface area contributed by atoms with Crippen molar-refractivity contribution < 1.29 is 53.6 Å². The molecule has 0 aromatic heterocycles. The molecule has 0 amide bonds. The van der Waals surface area contributed by atoms with Crippen LogP contribution in [0.5, 0.6) is 0 Å². The number of carbonyl (C=O) groups is 1. The molecule has 0 aromatic rings. The largest absolute Gasteiger partial charge is 0.481 e. The zero-order valence-corrected chi connectivity index (χ0v) is 30.7. The molecule has 0 saturated carbocycles. The van der Waals surface area contributed by atoms with Crippen molar-refractivity contribution in [1.29, 1.82) is 0 Å². The van der Waals surface area contributed by atoms with E-state index in [1.807, 2.05) is 20.8 Å². The lowest BCUT2D eigenvalue weighted by Crippen LogP contribution is -2.57. The summed E-state index contributed by atoms with van der Waals surface area (Å²) in [6.07, 6.45) is 3.79. The third kappa shape index (κ3) is 6.62. The van der Waals surface area contributed by atoms with E-state index in [-0.39, 0.29) is 54.0 Å². The summed E-state index contributed by atoms with van der Waals surface area (Å²) in [6, 6.07) is 0. The van der Waals surface area contributed by atoms with Gasteiger partial charge in [0, 0.05) is 37.7 Å². The van der Waals surface area contributed by atoms with E-state index in [2.05, 4.69) is 27.7 Å². The number of carboxylic acid groups (broad SMARTS) is 1. The molecule has 5 aliphatic rings. The van der Waals surface area contributed by atoms with Crippen molar-refractivity contribution in [2.75, 3.05) is 13.7 Å². The fraction of sp³-hybridized carbons (Fsp3) is 0.973. The standard InChI is InChI=1S/C37H64O11/c1-10-34(14-15-36(48-34)18-26(39)23(6)31(46-36)24(7)30(43-9)25(8)33(40)41)28-12-13-35(11-2,45-28)32-21(4)17-27(44-32)29-20(3)16-22(5)37(42,19-38)47-29/h20-32,38-39,42H,10-19H2,1-9H3,(H,40,41)/t20-,21-,22+,23+,24-,25-,26-,27+,28+,29-,30+,31-,32+,34-,35-,36+,37-/m0/s1. The second-order valence-corrected chi connectivity index (χ2v) is 16.4. The van der Waals surface area contributed by atoms with Gasteiger partial charge in [-0.3, -0.25) is 4.79 Å². The molecular weight excluding hydrogens is 620 g/mol. The summed E-state index contributed by atoms with van der Waals surface area (Å²) in [6.45, 7) is 15.6. The molecule has 5 aliphatic heterocycles. The number of aliphatic carboxylic acids is 1. The van der Waals surface area contributed by atoms with E-state index < -0.39 is 59.6 Å². The molecule has 11 nitrogen and oxygen atoms in total. The first-order valence-corrected chi connectivity index (χ1v) is 18.7. The predicted molar refractivity (Wildman–Crippen MR) is 177 cm³/mol. The van der Waals surface area contributed by atoms with Crippen molar-refractivity contribution in [3.05, 3.63) is 0 Å². The fourth-order valence-corrected chi connectivity index (χ4v) is 10.2. The smallest absolute Gasteiger partial charge is 0.308 e. The lowest BCUT2D eigenvalue weighted by Gasteiger charge is -2.49. The molecule has 278 valence electrons. The van der Waals surface area contributed by atoms with Gasteiger partial charge in [-0.25, -0.2) is 0 Å². The van der Waals surface area contributed by atoms with Gasteiger partial charge in [0.1, 0.15) is 0 Å². The number of carboxylic acids is 1. The Bertz CT molecular complexity index is 1120. The molecule has 0 radical (unpaired) electrons. The SMILES string of the molecule is CC[C@@]1([C@@H]2O[C@@H]([C@H]3O[C@@](O)(CO)[C@H](C)C[C@@H]3C)C[C@@H]2C)CC[C@H]([C@]2(CC)CC[C@]3(C[C@H](O)[C@@H](C)[C@@H]([C@@H](C)[C@@H](OC)[C@H](C)C(=O)O)O3)O2)O1. The van der Waals surface area contributed by atoms with E-state index >= 15 is 0 Å². The van der Waals surface area contributed by atoms with Crippen molar-refractivity contribution in [2.45, 2.75) is 179 Å². The zero-order valence-electron chi connectivity index (χ0n) is 30.7. The Balaban J connectivity index is 1.31. The highest BCUT2D eigenvalue weighted by Gasteiger charge is 2.63. The second kappa shape index (κ2) is 14.3. The Labute approximate surface area is 287 Å². The van der Waals surface area contributed by atoms with E-state index in [4.69, 9.17) is 28.4 Å². The van der Waals surface area contributed by atoms with Gasteiger partial charge in [-0.1, -0.05) is 48.5 Å². The Morgan fingerprint density at radius 3 is 2.25 bits per heavy atom. The molecule has 5 heterocycles. The van der Waals surface area contributed by atoms with Gasteiger partial charge in [-0.15, -0.1) is 0 Å². The summed E-state index contributed by atoms with van der Waals surface area (Å²) in [5.41, 5.74) is -1.11. The molecule has 4 N–H and O–H groups in total. The number of hydrogen-bond donors (Lipinski definition) is 4. The maximum Gasteiger partial charge on any atom is 0.308 e. The maximum atomic E-state index is 11.9. The van der Waals surface area contributed by atoms with Crippen LogP contribution >= 0.6 is 0 Å². The van der Waals surface area contributed by atoms with E-state index in [9.17, 15) is 25.2 Å². The van der Waals surface area contributed by atoms with Crippen LogP contribution in [0.1, 0.15) is 113 Å². The first-order valence-electron chi connectivity index (χ1n) is 18.7. The molecule has 11 heteroatoms. The van der Waals surface area contributed by atoms with E-state index in [1.165, 1.54) is 7.11 Å². The van der Waals surface area contributed by atoms with E-state index in [0.29, 0.717) is 12.8 Å². The first kappa shape index (κ1) is 38.3. The minimum Gasteiger partial charge on any atom is -0.481 e. The number of aliphatic hydroxyl groups is 3. The minimum absolute atomic E-state index is 0.153. The fourth-order valence-electron chi connectivity index (χ4n) is 10.2. The molecule has 48 heavy (non-hydrogen) atoms. The molecule has 5 saturated heterocycles. The highest BCUT2D eigenvalue weighted by Crippen LogP contribution is 2.56. The van der Waals surface area contributed by atoms with Crippen molar-refractivity contribution in [3.63, 3.8) is 0 Å². The van der Waals surface area contributed by atoms with Crippen LogP contribution in [0.2, 0.25) is 0 Å². The van der Waals surface area contributed by atoms with Gasteiger partial charge in [0.15, 0.2) is 11.6 Å². The maximum absolute atomic E-state index is 11.9. The molecule has 5 rings (SSSR count). The third-order valence-corrected chi connectivity index (χ3v) is 13.4. The molecule has 0 bridgehead atoms. The first-order chi connectivity index (χ1) is 22.5. The lowest BCUT2D eigenvalue weighted by atomic mass is 9.78. The number of methoxy groups -OCH3 is 1. The van der Waals surface area contributed by atoms with Gasteiger partial charge in [0.05, 0.1) is 66.5 Å². The van der Waals surface area contributed by atoms with Crippen LogP contribution in [-0.2, 0) is 33.2 Å². The Hall–Kier alpha value is -0.890. The Morgan fingerprint density at radius 1 is 0.958 bits per heavy atom. The minimum atomic E-state index is -1.56. The van der Waals surface area contributed by atoms with Gasteiger partial charge in [0.25, 0.3) is 0 Å². The summed E-state index contributed by atoms with van der Waals surface area (Å²) in [5.74, 6) is -4.52. The summed E-state index contributed by atoms with van der Waals surface area (Å²) in [5, 5.41) is 42.0. The summed E-state index contributed by atoms with van der Waals surface area (Å²) in [7, 11) is 1.53. The van der Waals surface area contributed by atoms with Crippen LogP contribution in [0.25, 0.3) is 0 Å². The average molecular weight is 685 g/mol. The molecule has 5 fully saturated rings. The lowest BCUT2D eigenvalue weighted by molar-refractivity contribution is -0.339. The van der Waals surface area contributed by atoms with Gasteiger partial charge in [-0.2, -0.15) is 0 Å². The number of ether oxygens (including phenoxy) is 6. The molecule has 1 spiro atoms. The number of aliphatic hydroxyl groups excluding tert-OH is 2. The molecule has 0 aromatic carbocycles. The van der Waals surface area contributed by atoms with Crippen molar-refractivity contribution in [2.24, 2.45) is 35.5 Å². The highest BCUT2D eigenvalue weighted by molar-refractivity contribution is 5.70. The second-order valence-electron chi connectivity index (χ2n) is 16.4. The normalized spacial score (nSPS) is 50.1. The van der Waals surface area contributed by atoms with Crippen molar-refractivity contribution in [3.8, 4) is 0 Å². The average Bonchev–Trinajstić information content (AvgIpc) is 3.77. The number of rotatable bonds is 11. The third-order valence-electron chi connectivity index (χ3n) is 13.4. The quantitative estimate of drug-likeness (QED) is 0.240. The van der Waals surface area contributed by atoms with Gasteiger partial charge >= 0.3 is 5.97 Å². The molecule has 0 unspecified atom stereocenters. The number of hydrogen-bond acceptors (Lipinski definition) is 10. The molecule has 0 aliphatic carbocycles. The molecular formula is C37H64O11. The van der Waals surface area contributed by atoms with E-state index in [1.54, 1.807) is 6.92 Å². The van der Waals surface area contributed by atoms with Crippen molar-refractivity contribution >= 4 is 5.97 Å². The van der Waals surface area contributed by atoms with Crippen LogP contribution < -0.4 is 0 Å². The van der Waals surface area contributed by atoms with Gasteiger partial charge in [0.2, 0.25) is 0 Å². The summed E-state index contributed by atoms with van der Waals surface area (Å²) < 4.78 is 39.8. The monoisotopic (exact) mass is 684 g/mol. The van der Waals surface area contributed by atoms with Crippen molar-refractivity contribution in [1.82, 2.24) is 0 Å². The van der Waals surface area contributed by atoms with Crippen LogP contribution in [0, 0.1) is 35.5 Å². The predicted octanol–water partition coefficient (Wildman–Crippen LogP) is 4.66. The van der Waals surface area contributed by atoms with E-state index in [0.717, 1.165) is 44.9 Å².